The van der Waals surface area contributed by atoms with E-state index in [0.29, 0.717) is 18.2 Å². The van der Waals surface area contributed by atoms with Crippen molar-refractivity contribution in [2.24, 2.45) is 21.8 Å². The van der Waals surface area contributed by atoms with Gasteiger partial charge in [-0.25, -0.2) is 0 Å². The Morgan fingerprint density at radius 1 is 0.833 bits per heavy atom. The van der Waals surface area contributed by atoms with Crippen molar-refractivity contribution in [3.63, 3.8) is 0 Å². The summed E-state index contributed by atoms with van der Waals surface area (Å²) in [6.07, 6.45) is 21.5. The lowest BCUT2D eigenvalue weighted by Crippen LogP contribution is -2.17. The lowest BCUT2D eigenvalue weighted by Gasteiger charge is -2.25. The Labute approximate surface area is 287 Å². The predicted octanol–water partition coefficient (Wildman–Crippen LogP) is 11.5. The molecule has 0 aliphatic heterocycles. The average molecular weight is 627 g/mol. The highest BCUT2D eigenvalue weighted by atomic mass is 14.7. The van der Waals surface area contributed by atoms with Crippen LogP contribution in [0.25, 0.3) is 11.1 Å². The Morgan fingerprint density at radius 3 is 2.15 bits per heavy atom. The molecule has 0 radical (unpaired) electrons. The van der Waals surface area contributed by atoms with Crippen LogP contribution in [0, 0.1) is 11.8 Å². The monoisotopic (exact) mass is 626 g/mol. The van der Waals surface area contributed by atoms with Crippen LogP contribution in [0.5, 0.6) is 0 Å². The van der Waals surface area contributed by atoms with E-state index in [9.17, 15) is 0 Å². The molecule has 0 saturated heterocycles. The molecule has 2 unspecified atom stereocenters. The summed E-state index contributed by atoms with van der Waals surface area (Å²) in [6, 6.07) is 29.3. The molecule has 0 bridgehead atoms. The zero-order valence-electron chi connectivity index (χ0n) is 28.7. The summed E-state index contributed by atoms with van der Waals surface area (Å²) in [6.45, 7) is 22.2. The summed E-state index contributed by atoms with van der Waals surface area (Å²) in [5, 5.41) is 0. The summed E-state index contributed by atoms with van der Waals surface area (Å²) < 4.78 is 0. The lowest BCUT2D eigenvalue weighted by molar-refractivity contribution is 0.584. The fourth-order valence-corrected chi connectivity index (χ4v) is 6.53. The second-order valence-electron chi connectivity index (χ2n) is 12.8. The number of allylic oxidation sites excluding steroid dienone is 13. The highest BCUT2D eigenvalue weighted by Gasteiger charge is 2.38. The largest absolute Gasteiger partial charge is 0.281 e. The summed E-state index contributed by atoms with van der Waals surface area (Å²) in [5.74, 6) is 0.684. The van der Waals surface area contributed by atoms with Gasteiger partial charge in [-0.1, -0.05) is 174 Å². The standard InChI is InChI=1S/C46H46N2/c1-8-36(37-20-11-9-12-21-37)28-27-34(3)44(47-7)32-45(38-22-13-10-14-23-38)48-30-29-41-40-25-17-18-26-42(40)46(5,6)43(41)31-35(4)39-24-16-15-19-33(39)2/h8-29,31-33,39H,3-4,7,30H2,1-2,5-6H3/b28-27-,36-8+,41-29-,43-31+,44-32-,48-45?. The predicted molar refractivity (Wildman–Crippen MR) is 209 cm³/mol. The number of benzene rings is 3. The Morgan fingerprint density at radius 2 is 1.48 bits per heavy atom. The van der Waals surface area contributed by atoms with Crippen molar-refractivity contribution in [2.45, 2.75) is 33.1 Å². The van der Waals surface area contributed by atoms with Crippen LogP contribution < -0.4 is 0 Å². The number of nitrogens with zero attached hydrogens (tertiary/aromatic N) is 2. The smallest absolute Gasteiger partial charge is 0.0710 e. The Balaban J connectivity index is 1.50. The third kappa shape index (κ3) is 7.61. The van der Waals surface area contributed by atoms with Crippen LogP contribution in [0.1, 0.15) is 49.9 Å². The second-order valence-corrected chi connectivity index (χ2v) is 12.8. The SMILES string of the molecule is C=N/C(=C\C(=NC/C=C1\C(=C/C(=C)C2C=CC=CC2C)C(C)(C)c2ccccc21)c1ccccc1)C(=C)/C=C\C(=C/C)c1ccccc1. The van der Waals surface area contributed by atoms with Gasteiger partial charge in [0.15, 0.2) is 0 Å². The van der Waals surface area contributed by atoms with Crippen molar-refractivity contribution in [3.05, 3.63) is 204 Å². The highest BCUT2D eigenvalue weighted by Crippen LogP contribution is 2.50. The third-order valence-electron chi connectivity index (χ3n) is 9.30. The van der Waals surface area contributed by atoms with Gasteiger partial charge in [-0.3, -0.25) is 9.98 Å². The van der Waals surface area contributed by atoms with Gasteiger partial charge in [0.05, 0.1) is 18.0 Å². The van der Waals surface area contributed by atoms with Gasteiger partial charge in [0.25, 0.3) is 0 Å². The van der Waals surface area contributed by atoms with Crippen LogP contribution in [0.3, 0.4) is 0 Å². The van der Waals surface area contributed by atoms with E-state index in [0.717, 1.165) is 33.6 Å². The molecule has 0 N–H and O–H groups in total. The van der Waals surface area contributed by atoms with Crippen molar-refractivity contribution < 1.29 is 0 Å². The zero-order chi connectivity index (χ0) is 34.1. The topological polar surface area (TPSA) is 24.7 Å². The van der Waals surface area contributed by atoms with Gasteiger partial charge < -0.3 is 0 Å². The Bertz CT molecular complexity index is 1920. The molecule has 2 aliphatic carbocycles. The molecular weight excluding hydrogens is 581 g/mol. The third-order valence-corrected chi connectivity index (χ3v) is 9.30. The maximum Gasteiger partial charge on any atom is 0.0710 e. The van der Waals surface area contributed by atoms with E-state index in [1.807, 2.05) is 55.5 Å². The molecule has 0 saturated carbocycles. The number of fused-ring (bicyclic) bond motifs is 1. The molecule has 2 atom stereocenters. The number of aliphatic imine (C=N–C) groups is 2. The molecule has 0 fully saturated rings. The second kappa shape index (κ2) is 15.5. The molecule has 0 amide bonds. The molecule has 0 heterocycles. The van der Waals surface area contributed by atoms with Crippen LogP contribution in [0.2, 0.25) is 0 Å². The van der Waals surface area contributed by atoms with Gasteiger partial charge in [0.2, 0.25) is 0 Å². The van der Waals surface area contributed by atoms with Gasteiger partial charge in [-0.15, -0.1) is 0 Å². The van der Waals surface area contributed by atoms with E-state index in [1.54, 1.807) is 0 Å². The van der Waals surface area contributed by atoms with Crippen molar-refractivity contribution >= 4 is 23.6 Å². The number of hydrogen-bond acceptors (Lipinski definition) is 2. The zero-order valence-corrected chi connectivity index (χ0v) is 28.7. The maximum absolute atomic E-state index is 5.15. The first-order chi connectivity index (χ1) is 23.2. The molecule has 2 heteroatoms. The quantitative estimate of drug-likeness (QED) is 0.149. The van der Waals surface area contributed by atoms with Crippen LogP contribution in [-0.4, -0.2) is 19.0 Å². The number of rotatable bonds is 11. The van der Waals surface area contributed by atoms with Crippen LogP contribution >= 0.6 is 0 Å². The van der Waals surface area contributed by atoms with E-state index in [2.05, 4.69) is 143 Å². The summed E-state index contributed by atoms with van der Waals surface area (Å²) in [4.78, 5) is 9.53. The fourth-order valence-electron chi connectivity index (χ4n) is 6.53. The first-order valence-corrected chi connectivity index (χ1v) is 16.7. The molecule has 3 aromatic carbocycles. The van der Waals surface area contributed by atoms with Gasteiger partial charge in [-0.2, -0.15) is 0 Å². The van der Waals surface area contributed by atoms with Gasteiger partial charge in [0.1, 0.15) is 0 Å². The van der Waals surface area contributed by atoms with Crippen LogP contribution in [0.4, 0.5) is 0 Å². The van der Waals surface area contributed by atoms with E-state index >= 15 is 0 Å². The van der Waals surface area contributed by atoms with Crippen molar-refractivity contribution in [2.75, 3.05) is 6.54 Å². The molecule has 48 heavy (non-hydrogen) atoms. The summed E-state index contributed by atoms with van der Waals surface area (Å²) in [7, 11) is 0. The molecular formula is C46H46N2. The molecule has 3 aromatic rings. The van der Waals surface area contributed by atoms with Crippen LogP contribution in [0.15, 0.2) is 191 Å². The van der Waals surface area contributed by atoms with Crippen molar-refractivity contribution in [3.8, 4) is 0 Å². The van der Waals surface area contributed by atoms with E-state index in [1.165, 1.54) is 22.3 Å². The number of hydrogen-bond donors (Lipinski definition) is 0. The fraction of sp³-hybridized carbons (Fsp3) is 0.174. The molecule has 0 aromatic heterocycles. The molecule has 240 valence electrons. The van der Waals surface area contributed by atoms with E-state index in [4.69, 9.17) is 4.99 Å². The lowest BCUT2D eigenvalue weighted by atomic mass is 9.78. The van der Waals surface area contributed by atoms with E-state index in [-0.39, 0.29) is 11.3 Å². The van der Waals surface area contributed by atoms with Gasteiger partial charge in [0, 0.05) is 11.3 Å². The first kappa shape index (κ1) is 34.0. The summed E-state index contributed by atoms with van der Waals surface area (Å²) in [5.41, 5.74) is 11.6. The minimum atomic E-state index is -0.162. The van der Waals surface area contributed by atoms with E-state index < -0.39 is 0 Å². The van der Waals surface area contributed by atoms with Gasteiger partial charge >= 0.3 is 0 Å². The van der Waals surface area contributed by atoms with Crippen LogP contribution in [-0.2, 0) is 5.41 Å². The highest BCUT2D eigenvalue weighted by molar-refractivity contribution is 6.09. The minimum Gasteiger partial charge on any atom is -0.281 e. The summed E-state index contributed by atoms with van der Waals surface area (Å²) >= 11 is 0. The first-order valence-electron chi connectivity index (χ1n) is 16.7. The van der Waals surface area contributed by atoms with Crippen molar-refractivity contribution in [1.82, 2.24) is 0 Å². The Kier molecular flexibility index (Phi) is 11.0. The molecule has 2 aliphatic rings. The molecule has 2 nitrogen and oxygen atoms in total. The van der Waals surface area contributed by atoms with Gasteiger partial charge in [-0.05, 0) is 75.8 Å². The normalized spacial score (nSPS) is 20.8. The molecule has 5 rings (SSSR count). The Hall–Kier alpha value is -5.34. The minimum absolute atomic E-state index is 0.162. The average Bonchev–Trinajstić information content (AvgIpc) is 3.32. The van der Waals surface area contributed by atoms with Crippen molar-refractivity contribution in [1.29, 1.82) is 0 Å². The molecule has 0 spiro atoms. The maximum atomic E-state index is 5.15.